The van der Waals surface area contributed by atoms with Crippen molar-refractivity contribution in [2.45, 2.75) is 0 Å². The molecule has 1 rings (SSSR count). The first kappa shape index (κ1) is 13.6. The van der Waals surface area contributed by atoms with Crippen LogP contribution in [0.5, 0.6) is 0 Å². The summed E-state index contributed by atoms with van der Waals surface area (Å²) in [7, 11) is 1.64. The molecule has 2 N–H and O–H groups in total. The summed E-state index contributed by atoms with van der Waals surface area (Å²) in [6, 6.07) is 3.95. The predicted octanol–water partition coefficient (Wildman–Crippen LogP) is 1.95. The van der Waals surface area contributed by atoms with E-state index in [4.69, 9.17) is 17.0 Å². The van der Waals surface area contributed by atoms with Gasteiger partial charge in [-0.25, -0.2) is 0 Å². The van der Waals surface area contributed by atoms with Crippen LogP contribution in [0.4, 0.5) is 0 Å². The Labute approximate surface area is 112 Å². The van der Waals surface area contributed by atoms with Crippen LogP contribution < -0.4 is 10.7 Å². The molecule has 0 aliphatic rings. The predicted molar refractivity (Wildman–Crippen MR) is 75.2 cm³/mol. The van der Waals surface area contributed by atoms with Gasteiger partial charge in [0.15, 0.2) is 5.11 Å². The fraction of sp³-hybridized carbons (Fsp3) is 0.333. The van der Waals surface area contributed by atoms with Crippen molar-refractivity contribution < 1.29 is 4.74 Å². The molecule has 0 fully saturated rings. The van der Waals surface area contributed by atoms with Crippen molar-refractivity contribution in [2.24, 2.45) is 5.10 Å². The number of hydrogen-bond acceptors (Lipinski definition) is 4. The molecular formula is C9H12BrN3OS2. The molecule has 1 aromatic rings. The molecule has 0 saturated heterocycles. The Morgan fingerprint density at radius 3 is 3.12 bits per heavy atom. The van der Waals surface area contributed by atoms with E-state index >= 15 is 0 Å². The van der Waals surface area contributed by atoms with E-state index in [0.29, 0.717) is 18.3 Å². The molecule has 1 heterocycles. The summed E-state index contributed by atoms with van der Waals surface area (Å²) in [6.07, 6.45) is 1.72. The number of nitrogens with zero attached hydrogens (tertiary/aromatic N) is 1. The Bertz CT molecular complexity index is 367. The van der Waals surface area contributed by atoms with Crippen LogP contribution in [0.2, 0.25) is 0 Å². The van der Waals surface area contributed by atoms with Crippen LogP contribution in [0.15, 0.2) is 21.0 Å². The molecule has 0 atom stereocenters. The summed E-state index contributed by atoms with van der Waals surface area (Å²) in [6.45, 7) is 1.28. The van der Waals surface area contributed by atoms with Crippen LogP contribution in [-0.4, -0.2) is 31.6 Å². The fourth-order valence-corrected chi connectivity index (χ4v) is 2.31. The minimum atomic E-state index is 0.490. The first-order valence-electron chi connectivity index (χ1n) is 4.53. The van der Waals surface area contributed by atoms with Gasteiger partial charge in [0.25, 0.3) is 0 Å². The molecule has 0 bridgehead atoms. The van der Waals surface area contributed by atoms with Crippen LogP contribution >= 0.6 is 39.5 Å². The number of ether oxygens (including phenoxy) is 1. The molecule has 0 amide bonds. The number of rotatable bonds is 5. The second-order valence-electron chi connectivity index (χ2n) is 2.76. The van der Waals surface area contributed by atoms with Gasteiger partial charge in [-0.15, -0.1) is 11.3 Å². The third-order valence-electron chi connectivity index (χ3n) is 1.54. The molecule has 7 heteroatoms. The molecule has 1 aromatic heterocycles. The zero-order chi connectivity index (χ0) is 11.8. The minimum absolute atomic E-state index is 0.490. The number of hydrazone groups is 1. The summed E-state index contributed by atoms with van der Waals surface area (Å²) < 4.78 is 5.96. The highest BCUT2D eigenvalue weighted by atomic mass is 79.9. The van der Waals surface area contributed by atoms with Crippen LogP contribution in [0, 0.1) is 0 Å². The summed E-state index contributed by atoms with van der Waals surface area (Å²) in [5, 5.41) is 7.44. The smallest absolute Gasteiger partial charge is 0.187 e. The number of methoxy groups -OCH3 is 1. The van der Waals surface area contributed by atoms with Gasteiger partial charge in [0.05, 0.1) is 16.6 Å². The summed E-state index contributed by atoms with van der Waals surface area (Å²) in [5.41, 5.74) is 2.72. The standard InChI is InChI=1S/C9H12BrN3OS2/c1-14-5-4-11-9(15)13-12-6-7-2-3-8(10)16-7/h2-3,6H,4-5H2,1H3,(H2,11,13,15)/b12-6-. The Kier molecular flexibility index (Phi) is 6.55. The zero-order valence-corrected chi connectivity index (χ0v) is 11.9. The molecule has 0 aliphatic carbocycles. The topological polar surface area (TPSA) is 45.6 Å². The lowest BCUT2D eigenvalue weighted by atomic mass is 10.5. The lowest BCUT2D eigenvalue weighted by Crippen LogP contribution is -2.34. The SMILES string of the molecule is COCCNC(=S)N/N=C\c1ccc(Br)s1. The Balaban J connectivity index is 2.23. The lowest BCUT2D eigenvalue weighted by molar-refractivity contribution is 0.204. The average Bonchev–Trinajstić information content (AvgIpc) is 2.65. The molecule has 0 aromatic carbocycles. The van der Waals surface area contributed by atoms with Crippen LogP contribution in [-0.2, 0) is 4.74 Å². The van der Waals surface area contributed by atoms with E-state index in [9.17, 15) is 0 Å². The third-order valence-corrected chi connectivity index (χ3v) is 3.34. The van der Waals surface area contributed by atoms with Gasteiger partial charge in [-0.05, 0) is 40.3 Å². The molecule has 0 aliphatic heterocycles. The first-order valence-corrected chi connectivity index (χ1v) is 6.55. The monoisotopic (exact) mass is 321 g/mol. The van der Waals surface area contributed by atoms with E-state index < -0.39 is 0 Å². The molecule has 4 nitrogen and oxygen atoms in total. The second kappa shape index (κ2) is 7.72. The highest BCUT2D eigenvalue weighted by Crippen LogP contribution is 2.20. The minimum Gasteiger partial charge on any atom is -0.383 e. The summed E-state index contributed by atoms with van der Waals surface area (Å²) >= 11 is 9.97. The molecule has 0 saturated carbocycles. The molecule has 88 valence electrons. The second-order valence-corrected chi connectivity index (χ2v) is 5.66. The van der Waals surface area contributed by atoms with Crippen molar-refractivity contribution >= 4 is 50.8 Å². The largest absolute Gasteiger partial charge is 0.383 e. The fourth-order valence-electron chi connectivity index (χ4n) is 0.858. The maximum Gasteiger partial charge on any atom is 0.187 e. The van der Waals surface area contributed by atoms with Gasteiger partial charge in [-0.1, -0.05) is 0 Å². The highest BCUT2D eigenvalue weighted by Gasteiger charge is 1.94. The van der Waals surface area contributed by atoms with Gasteiger partial charge < -0.3 is 10.1 Å². The van der Waals surface area contributed by atoms with Gasteiger partial charge in [0, 0.05) is 18.5 Å². The highest BCUT2D eigenvalue weighted by molar-refractivity contribution is 9.11. The molecular weight excluding hydrogens is 310 g/mol. The molecule has 16 heavy (non-hydrogen) atoms. The van der Waals surface area contributed by atoms with Crippen molar-refractivity contribution in [3.8, 4) is 0 Å². The van der Waals surface area contributed by atoms with Crippen molar-refractivity contribution in [3.63, 3.8) is 0 Å². The van der Waals surface area contributed by atoms with E-state index in [1.54, 1.807) is 24.7 Å². The van der Waals surface area contributed by atoms with Gasteiger partial charge in [-0.2, -0.15) is 5.10 Å². The zero-order valence-electron chi connectivity index (χ0n) is 8.70. The van der Waals surface area contributed by atoms with Crippen molar-refractivity contribution in [1.82, 2.24) is 10.7 Å². The Hall–Kier alpha value is -0.500. The van der Waals surface area contributed by atoms with Crippen molar-refractivity contribution in [2.75, 3.05) is 20.3 Å². The average molecular weight is 322 g/mol. The Morgan fingerprint density at radius 1 is 1.69 bits per heavy atom. The van der Waals surface area contributed by atoms with Gasteiger partial charge in [0.2, 0.25) is 0 Å². The van der Waals surface area contributed by atoms with E-state index in [1.165, 1.54) is 0 Å². The van der Waals surface area contributed by atoms with Gasteiger partial charge >= 0.3 is 0 Å². The summed E-state index contributed by atoms with van der Waals surface area (Å²) in [4.78, 5) is 1.05. The third kappa shape index (κ3) is 5.55. The van der Waals surface area contributed by atoms with Crippen molar-refractivity contribution in [1.29, 1.82) is 0 Å². The van der Waals surface area contributed by atoms with Gasteiger partial charge in [-0.3, -0.25) is 5.43 Å². The van der Waals surface area contributed by atoms with E-state index in [-0.39, 0.29) is 0 Å². The number of thiophene rings is 1. The number of thiocarbonyl (C=S) groups is 1. The van der Waals surface area contributed by atoms with Crippen LogP contribution in [0.25, 0.3) is 0 Å². The van der Waals surface area contributed by atoms with E-state index in [1.807, 2.05) is 12.1 Å². The maximum absolute atomic E-state index is 4.99. The Morgan fingerprint density at radius 2 is 2.50 bits per heavy atom. The molecule has 0 unspecified atom stereocenters. The van der Waals surface area contributed by atoms with Crippen LogP contribution in [0.3, 0.4) is 0 Å². The first-order chi connectivity index (χ1) is 7.72. The quantitative estimate of drug-likeness (QED) is 0.376. The number of halogens is 1. The van der Waals surface area contributed by atoms with E-state index in [2.05, 4.69) is 31.8 Å². The number of hydrogen-bond donors (Lipinski definition) is 2. The normalized spacial score (nSPS) is 10.6. The van der Waals surface area contributed by atoms with Gasteiger partial charge in [0.1, 0.15) is 0 Å². The number of nitrogens with one attached hydrogen (secondary N) is 2. The lowest BCUT2D eigenvalue weighted by Gasteiger charge is -2.04. The van der Waals surface area contributed by atoms with Crippen molar-refractivity contribution in [3.05, 3.63) is 20.8 Å². The molecule has 0 spiro atoms. The van der Waals surface area contributed by atoms with E-state index in [0.717, 1.165) is 8.66 Å². The maximum atomic E-state index is 4.99. The molecule has 0 radical (unpaired) electrons. The van der Waals surface area contributed by atoms with Crippen LogP contribution in [0.1, 0.15) is 4.88 Å². The summed E-state index contributed by atoms with van der Waals surface area (Å²) in [5.74, 6) is 0.